The van der Waals surface area contributed by atoms with Crippen molar-refractivity contribution in [1.29, 1.82) is 0 Å². The van der Waals surface area contributed by atoms with Gasteiger partial charge in [-0.1, -0.05) is 60.7 Å². The van der Waals surface area contributed by atoms with E-state index in [0.717, 1.165) is 16.0 Å². The minimum atomic E-state index is -1.29. The van der Waals surface area contributed by atoms with Crippen molar-refractivity contribution in [3.63, 3.8) is 0 Å². The summed E-state index contributed by atoms with van der Waals surface area (Å²) in [5.41, 5.74) is 0.809. The molecule has 0 radical (unpaired) electrons. The number of rotatable bonds is 5. The maximum Gasteiger partial charge on any atom is 0.421 e. The Bertz CT molecular complexity index is 1160. The quantitative estimate of drug-likeness (QED) is 0.599. The van der Waals surface area contributed by atoms with Crippen LogP contribution in [0.2, 0.25) is 0 Å². The second-order valence-corrected chi connectivity index (χ2v) is 8.96. The number of nitrogens with one attached hydrogen (secondary N) is 1. The number of amides is 2. The van der Waals surface area contributed by atoms with E-state index in [1.165, 1.54) is 0 Å². The summed E-state index contributed by atoms with van der Waals surface area (Å²) in [6.07, 6.45) is -0.710. The van der Waals surface area contributed by atoms with Crippen LogP contribution in [0.4, 0.5) is 10.5 Å². The molecule has 0 unspecified atom stereocenters. The van der Waals surface area contributed by atoms with E-state index in [-0.39, 0.29) is 0 Å². The van der Waals surface area contributed by atoms with Crippen LogP contribution in [-0.2, 0) is 21.6 Å². The van der Waals surface area contributed by atoms with Crippen LogP contribution in [-0.4, -0.2) is 24.7 Å². The van der Waals surface area contributed by atoms with Gasteiger partial charge in [0.1, 0.15) is 11.4 Å². The van der Waals surface area contributed by atoms with Gasteiger partial charge in [-0.25, -0.2) is 9.69 Å². The summed E-state index contributed by atoms with van der Waals surface area (Å²) < 4.78 is 11.1. The topological polar surface area (TPSA) is 67.9 Å². The lowest BCUT2D eigenvalue weighted by Gasteiger charge is -2.31. The second-order valence-electron chi connectivity index (χ2n) is 8.96. The Labute approximate surface area is 194 Å². The van der Waals surface area contributed by atoms with Crippen LogP contribution in [0.25, 0.3) is 0 Å². The summed E-state index contributed by atoms with van der Waals surface area (Å²) in [5, 5.41) is 3.48. The Balaban J connectivity index is 1.89. The monoisotopic (exact) mass is 444 g/mol. The van der Waals surface area contributed by atoms with Gasteiger partial charge in [0.05, 0.1) is 12.8 Å². The normalized spacial score (nSPS) is 17.6. The molecule has 0 aliphatic carbocycles. The maximum atomic E-state index is 14.2. The molecule has 0 bridgehead atoms. The first kappa shape index (κ1) is 22.6. The summed E-state index contributed by atoms with van der Waals surface area (Å²) >= 11 is 0. The van der Waals surface area contributed by atoms with Crippen LogP contribution in [0.1, 0.15) is 37.5 Å². The molecule has 1 N–H and O–H groups in total. The highest BCUT2D eigenvalue weighted by Crippen LogP contribution is 2.46. The molecule has 3 aromatic carbocycles. The number of imide groups is 1. The van der Waals surface area contributed by atoms with Crippen molar-refractivity contribution in [2.75, 3.05) is 12.0 Å². The number of ether oxygens (including phenoxy) is 2. The first-order valence-corrected chi connectivity index (χ1v) is 10.9. The summed E-state index contributed by atoms with van der Waals surface area (Å²) in [7, 11) is 1.58. The fourth-order valence-electron chi connectivity index (χ4n) is 4.09. The molecule has 2 amide bonds. The lowest BCUT2D eigenvalue weighted by molar-refractivity contribution is -0.122. The van der Waals surface area contributed by atoms with E-state index >= 15 is 0 Å². The number of hydrogen-bond acceptors (Lipinski definition) is 5. The molecule has 1 aliphatic heterocycles. The molecule has 0 saturated heterocycles. The van der Waals surface area contributed by atoms with E-state index < -0.39 is 23.1 Å². The second kappa shape index (κ2) is 8.71. The Hall–Kier alpha value is -3.64. The Morgan fingerprint density at radius 3 is 2.21 bits per heavy atom. The molecule has 33 heavy (non-hydrogen) atoms. The molecular weight excluding hydrogens is 416 g/mol. The van der Waals surface area contributed by atoms with Gasteiger partial charge in [-0.3, -0.25) is 10.1 Å². The number of carbonyl (C=O) groups excluding carboxylic acids is 2. The Kier molecular flexibility index (Phi) is 5.95. The summed E-state index contributed by atoms with van der Waals surface area (Å²) in [5.74, 6) is 0.177. The smallest absolute Gasteiger partial charge is 0.421 e. The number of carbonyl (C=O) groups is 2. The highest BCUT2D eigenvalue weighted by Gasteiger charge is 2.55. The predicted octanol–water partition coefficient (Wildman–Crippen LogP) is 5.01. The average Bonchev–Trinajstić information content (AvgIpc) is 3.05. The van der Waals surface area contributed by atoms with Gasteiger partial charge in [-0.2, -0.15) is 0 Å². The predicted molar refractivity (Wildman–Crippen MR) is 127 cm³/mol. The van der Waals surface area contributed by atoms with E-state index in [2.05, 4.69) is 5.32 Å². The van der Waals surface area contributed by atoms with Crippen molar-refractivity contribution in [2.24, 2.45) is 0 Å². The highest BCUT2D eigenvalue weighted by molar-refractivity contribution is 6.22. The van der Waals surface area contributed by atoms with E-state index in [4.69, 9.17) is 9.47 Å². The van der Waals surface area contributed by atoms with E-state index in [1.54, 1.807) is 40.0 Å². The van der Waals surface area contributed by atoms with Crippen molar-refractivity contribution in [1.82, 2.24) is 5.32 Å². The van der Waals surface area contributed by atoms with Gasteiger partial charge in [0.15, 0.2) is 5.54 Å². The van der Waals surface area contributed by atoms with Crippen LogP contribution >= 0.6 is 0 Å². The molecule has 0 saturated carbocycles. The van der Waals surface area contributed by atoms with Gasteiger partial charge < -0.3 is 9.47 Å². The van der Waals surface area contributed by atoms with Crippen LogP contribution in [0.15, 0.2) is 78.9 Å². The zero-order valence-electron chi connectivity index (χ0n) is 19.3. The van der Waals surface area contributed by atoms with E-state index in [1.807, 2.05) is 66.7 Å². The van der Waals surface area contributed by atoms with Gasteiger partial charge in [-0.15, -0.1) is 0 Å². The maximum absolute atomic E-state index is 14.2. The molecule has 0 aromatic heterocycles. The first-order valence-electron chi connectivity index (χ1n) is 10.9. The molecule has 6 nitrogen and oxygen atoms in total. The zero-order valence-corrected chi connectivity index (χ0v) is 19.3. The molecule has 1 heterocycles. The third-order valence-corrected chi connectivity index (χ3v) is 5.56. The molecule has 0 fully saturated rings. The van der Waals surface area contributed by atoms with Crippen molar-refractivity contribution in [2.45, 2.75) is 38.5 Å². The number of methoxy groups -OCH3 is 1. The van der Waals surface area contributed by atoms with Crippen molar-refractivity contribution < 1.29 is 19.1 Å². The van der Waals surface area contributed by atoms with Crippen LogP contribution in [0, 0.1) is 0 Å². The molecule has 3 aromatic rings. The highest BCUT2D eigenvalue weighted by atomic mass is 16.6. The molecule has 1 aliphatic rings. The SMILES string of the molecule is COc1ccc2c(c1)[C@](NCc1ccccc1)(c1ccccc1)C(=O)N2C(=O)OC(C)(C)C. The van der Waals surface area contributed by atoms with Gasteiger partial charge in [0, 0.05) is 12.1 Å². The largest absolute Gasteiger partial charge is 0.497 e. The van der Waals surface area contributed by atoms with Gasteiger partial charge in [0.2, 0.25) is 0 Å². The average molecular weight is 445 g/mol. The number of benzene rings is 3. The molecule has 0 spiro atoms. The number of nitrogens with zero attached hydrogens (tertiary/aromatic N) is 1. The van der Waals surface area contributed by atoms with E-state index in [9.17, 15) is 9.59 Å². The molecule has 1 atom stereocenters. The van der Waals surface area contributed by atoms with Gasteiger partial charge >= 0.3 is 6.09 Å². The van der Waals surface area contributed by atoms with Crippen molar-refractivity contribution in [3.05, 3.63) is 95.6 Å². The van der Waals surface area contributed by atoms with Crippen LogP contribution in [0.5, 0.6) is 5.75 Å². The summed E-state index contributed by atoms with van der Waals surface area (Å²) in [4.78, 5) is 28.5. The van der Waals surface area contributed by atoms with Crippen molar-refractivity contribution >= 4 is 17.7 Å². The van der Waals surface area contributed by atoms with Gasteiger partial charge in [0.25, 0.3) is 5.91 Å². The lowest BCUT2D eigenvalue weighted by atomic mass is 9.83. The minimum Gasteiger partial charge on any atom is -0.497 e. The number of hydrogen-bond donors (Lipinski definition) is 1. The third kappa shape index (κ3) is 4.22. The summed E-state index contributed by atoms with van der Waals surface area (Å²) in [6, 6.07) is 24.5. The molecule has 4 rings (SSSR count). The van der Waals surface area contributed by atoms with Crippen LogP contribution < -0.4 is 15.0 Å². The number of anilines is 1. The fourth-order valence-corrected chi connectivity index (χ4v) is 4.09. The van der Waals surface area contributed by atoms with E-state index in [0.29, 0.717) is 23.5 Å². The Morgan fingerprint density at radius 2 is 1.61 bits per heavy atom. The summed E-state index contributed by atoms with van der Waals surface area (Å²) in [6.45, 7) is 5.75. The number of fused-ring (bicyclic) bond motifs is 1. The molecule has 170 valence electrons. The Morgan fingerprint density at radius 1 is 0.970 bits per heavy atom. The molecular formula is C27H28N2O4. The first-order chi connectivity index (χ1) is 15.8. The fraction of sp³-hybridized carbons (Fsp3) is 0.259. The standard InChI is InChI=1S/C27H28N2O4/c1-26(2,3)33-25(31)29-23-16-15-21(32-4)17-22(23)27(24(29)30,20-13-9-6-10-14-20)28-18-19-11-7-5-8-12-19/h5-17,28H,18H2,1-4H3/t27-/m1/s1. The molecule has 6 heteroatoms. The van der Waals surface area contributed by atoms with Crippen LogP contribution in [0.3, 0.4) is 0 Å². The van der Waals surface area contributed by atoms with Crippen molar-refractivity contribution in [3.8, 4) is 5.75 Å². The minimum absolute atomic E-state index is 0.415. The zero-order chi connectivity index (χ0) is 23.6. The lowest BCUT2D eigenvalue weighted by Crippen LogP contribution is -2.53. The third-order valence-electron chi connectivity index (χ3n) is 5.56. The van der Waals surface area contributed by atoms with Gasteiger partial charge in [-0.05, 0) is 50.1 Å².